The zero-order valence-electron chi connectivity index (χ0n) is 13.4. The summed E-state index contributed by atoms with van der Waals surface area (Å²) in [6.07, 6.45) is 6.05. The topological polar surface area (TPSA) is 46.8 Å². The molecule has 0 amide bonds. The summed E-state index contributed by atoms with van der Waals surface area (Å²) >= 11 is 0. The lowest BCUT2D eigenvalue weighted by molar-refractivity contribution is 0.213. The van der Waals surface area contributed by atoms with Crippen LogP contribution in [0.5, 0.6) is 0 Å². The molecule has 1 aliphatic heterocycles. The first-order chi connectivity index (χ1) is 11.4. The average Bonchev–Trinajstić information content (AvgIpc) is 3.02. The quantitative estimate of drug-likeness (QED) is 0.746. The van der Waals surface area contributed by atoms with E-state index in [2.05, 4.69) is 26.4 Å². The van der Waals surface area contributed by atoms with E-state index in [-0.39, 0.29) is 0 Å². The summed E-state index contributed by atoms with van der Waals surface area (Å²) < 4.78 is 2.14. The van der Waals surface area contributed by atoms with E-state index in [1.54, 1.807) is 0 Å². The predicted molar refractivity (Wildman–Crippen MR) is 90.7 cm³/mol. The normalized spacial score (nSPS) is 19.3. The van der Waals surface area contributed by atoms with Crippen molar-refractivity contribution in [2.75, 3.05) is 19.6 Å². The van der Waals surface area contributed by atoms with Crippen molar-refractivity contribution >= 4 is 11.2 Å². The number of aromatic nitrogens is 4. The molecule has 5 heteroatoms. The van der Waals surface area contributed by atoms with Gasteiger partial charge in [-0.2, -0.15) is 0 Å². The SMILES string of the molecule is CCN1CCCC(c2nc3cccnc3n2-c2ccccn2)C1. The summed E-state index contributed by atoms with van der Waals surface area (Å²) in [5.41, 5.74) is 1.84. The number of hydrogen-bond donors (Lipinski definition) is 0. The maximum atomic E-state index is 4.92. The maximum Gasteiger partial charge on any atom is 0.165 e. The van der Waals surface area contributed by atoms with Crippen LogP contribution in [0, 0.1) is 0 Å². The maximum absolute atomic E-state index is 4.92. The van der Waals surface area contributed by atoms with E-state index in [0.717, 1.165) is 35.9 Å². The van der Waals surface area contributed by atoms with E-state index in [0.29, 0.717) is 5.92 Å². The Balaban J connectivity index is 1.86. The fourth-order valence-electron chi connectivity index (χ4n) is 3.47. The molecule has 1 fully saturated rings. The number of likely N-dealkylation sites (tertiary alicyclic amines) is 1. The van der Waals surface area contributed by atoms with Gasteiger partial charge in [0.05, 0.1) is 0 Å². The van der Waals surface area contributed by atoms with Crippen LogP contribution in [0.1, 0.15) is 31.5 Å². The van der Waals surface area contributed by atoms with Gasteiger partial charge in [-0.3, -0.25) is 4.57 Å². The van der Waals surface area contributed by atoms with Crippen molar-refractivity contribution in [1.29, 1.82) is 0 Å². The minimum atomic E-state index is 0.430. The highest BCUT2D eigenvalue weighted by Gasteiger charge is 2.26. The highest BCUT2D eigenvalue weighted by molar-refractivity contribution is 5.73. The predicted octanol–water partition coefficient (Wildman–Crippen LogP) is 3.01. The highest BCUT2D eigenvalue weighted by Crippen LogP contribution is 2.30. The second-order valence-corrected chi connectivity index (χ2v) is 6.07. The molecular formula is C18H21N5. The zero-order valence-corrected chi connectivity index (χ0v) is 13.4. The monoisotopic (exact) mass is 307 g/mol. The third-order valence-electron chi connectivity index (χ3n) is 4.64. The summed E-state index contributed by atoms with van der Waals surface area (Å²) in [4.78, 5) is 16.5. The Morgan fingerprint density at radius 3 is 2.87 bits per heavy atom. The molecule has 5 nitrogen and oxygen atoms in total. The van der Waals surface area contributed by atoms with Crippen LogP contribution in [-0.4, -0.2) is 44.1 Å². The van der Waals surface area contributed by atoms with Crippen LogP contribution >= 0.6 is 0 Å². The Labute approximate surface area is 136 Å². The number of imidazole rings is 1. The van der Waals surface area contributed by atoms with Crippen LogP contribution in [0.2, 0.25) is 0 Å². The van der Waals surface area contributed by atoms with Crippen LogP contribution in [-0.2, 0) is 0 Å². The van der Waals surface area contributed by atoms with Gasteiger partial charge in [0.2, 0.25) is 0 Å². The molecule has 4 rings (SSSR count). The number of hydrogen-bond acceptors (Lipinski definition) is 4. The molecule has 3 aromatic rings. The number of piperidine rings is 1. The van der Waals surface area contributed by atoms with Crippen molar-refractivity contribution in [2.24, 2.45) is 0 Å². The summed E-state index contributed by atoms with van der Waals surface area (Å²) in [5, 5.41) is 0. The fraction of sp³-hybridized carbons (Fsp3) is 0.389. The molecule has 1 saturated heterocycles. The molecular weight excluding hydrogens is 286 g/mol. The van der Waals surface area contributed by atoms with Crippen molar-refractivity contribution in [2.45, 2.75) is 25.7 Å². The van der Waals surface area contributed by atoms with Crippen LogP contribution < -0.4 is 0 Å². The van der Waals surface area contributed by atoms with Gasteiger partial charge in [-0.15, -0.1) is 0 Å². The Morgan fingerprint density at radius 2 is 2.04 bits per heavy atom. The Morgan fingerprint density at radius 1 is 1.13 bits per heavy atom. The summed E-state index contributed by atoms with van der Waals surface area (Å²) in [7, 11) is 0. The number of rotatable bonds is 3. The molecule has 118 valence electrons. The lowest BCUT2D eigenvalue weighted by Crippen LogP contribution is -2.35. The lowest BCUT2D eigenvalue weighted by Gasteiger charge is -2.31. The van der Waals surface area contributed by atoms with Gasteiger partial charge in [-0.05, 0) is 50.2 Å². The van der Waals surface area contributed by atoms with E-state index in [1.165, 1.54) is 19.4 Å². The molecule has 0 radical (unpaired) electrons. The van der Waals surface area contributed by atoms with E-state index < -0.39 is 0 Å². The van der Waals surface area contributed by atoms with E-state index >= 15 is 0 Å². The molecule has 0 N–H and O–H groups in total. The molecule has 0 bridgehead atoms. The largest absolute Gasteiger partial charge is 0.303 e. The molecule has 1 atom stereocenters. The second kappa shape index (κ2) is 6.08. The van der Waals surface area contributed by atoms with Gasteiger partial charge in [0.1, 0.15) is 17.2 Å². The average molecular weight is 307 g/mol. The van der Waals surface area contributed by atoms with Gasteiger partial charge in [-0.1, -0.05) is 13.0 Å². The first kappa shape index (κ1) is 14.3. The van der Waals surface area contributed by atoms with Crippen LogP contribution in [0.25, 0.3) is 17.0 Å². The minimum Gasteiger partial charge on any atom is -0.303 e. The number of pyridine rings is 2. The molecule has 1 aliphatic rings. The molecule has 3 aromatic heterocycles. The Kier molecular flexibility index (Phi) is 3.79. The summed E-state index contributed by atoms with van der Waals surface area (Å²) in [5.74, 6) is 2.42. The smallest absolute Gasteiger partial charge is 0.165 e. The van der Waals surface area contributed by atoms with E-state index in [9.17, 15) is 0 Å². The van der Waals surface area contributed by atoms with Gasteiger partial charge in [-0.25, -0.2) is 15.0 Å². The number of fused-ring (bicyclic) bond motifs is 1. The highest BCUT2D eigenvalue weighted by atomic mass is 15.2. The Bertz CT molecular complexity index is 796. The third kappa shape index (κ3) is 2.61. The summed E-state index contributed by atoms with van der Waals surface area (Å²) in [6.45, 7) is 5.58. The first-order valence-electron chi connectivity index (χ1n) is 8.34. The molecule has 1 unspecified atom stereocenters. The van der Waals surface area contributed by atoms with Gasteiger partial charge < -0.3 is 4.90 Å². The third-order valence-corrected chi connectivity index (χ3v) is 4.64. The van der Waals surface area contributed by atoms with Gasteiger partial charge >= 0.3 is 0 Å². The van der Waals surface area contributed by atoms with E-state index in [1.807, 2.05) is 42.7 Å². The number of likely N-dealkylation sites (N-methyl/N-ethyl adjacent to an activating group) is 1. The Hall–Kier alpha value is -2.27. The van der Waals surface area contributed by atoms with E-state index in [4.69, 9.17) is 4.98 Å². The number of nitrogens with zero attached hydrogens (tertiary/aromatic N) is 5. The molecule has 0 spiro atoms. The summed E-state index contributed by atoms with van der Waals surface area (Å²) in [6, 6.07) is 9.96. The van der Waals surface area contributed by atoms with Crippen molar-refractivity contribution in [3.8, 4) is 5.82 Å². The van der Waals surface area contributed by atoms with Crippen LogP contribution in [0.4, 0.5) is 0 Å². The van der Waals surface area contributed by atoms with Crippen molar-refractivity contribution in [3.05, 3.63) is 48.5 Å². The van der Waals surface area contributed by atoms with Gasteiger partial charge in [0.25, 0.3) is 0 Å². The fourth-order valence-corrected chi connectivity index (χ4v) is 3.47. The minimum absolute atomic E-state index is 0.430. The first-order valence-corrected chi connectivity index (χ1v) is 8.34. The van der Waals surface area contributed by atoms with Crippen molar-refractivity contribution in [1.82, 2.24) is 24.4 Å². The second-order valence-electron chi connectivity index (χ2n) is 6.07. The van der Waals surface area contributed by atoms with Gasteiger partial charge in [0.15, 0.2) is 5.65 Å². The molecule has 0 saturated carbocycles. The molecule has 0 aliphatic carbocycles. The lowest BCUT2D eigenvalue weighted by atomic mass is 9.97. The molecule has 4 heterocycles. The zero-order chi connectivity index (χ0) is 15.6. The molecule has 0 aromatic carbocycles. The molecule has 23 heavy (non-hydrogen) atoms. The van der Waals surface area contributed by atoms with Gasteiger partial charge in [0, 0.05) is 24.9 Å². The van der Waals surface area contributed by atoms with Crippen molar-refractivity contribution < 1.29 is 0 Å². The van der Waals surface area contributed by atoms with Crippen LogP contribution in [0.3, 0.4) is 0 Å². The van der Waals surface area contributed by atoms with Crippen LogP contribution in [0.15, 0.2) is 42.7 Å². The standard InChI is InChI=1S/C18H21N5/c1-2-22-12-6-7-14(13-22)17-21-15-8-5-11-20-18(15)23(17)16-9-3-4-10-19-16/h3-5,8-11,14H,2,6-7,12-13H2,1H3. The van der Waals surface area contributed by atoms with Crippen molar-refractivity contribution in [3.63, 3.8) is 0 Å².